The Balaban J connectivity index is 1.92. The molecule has 0 aliphatic heterocycles. The first-order valence-corrected chi connectivity index (χ1v) is 7.32. The van der Waals surface area contributed by atoms with E-state index >= 15 is 0 Å². The average Bonchev–Trinajstić information content (AvgIpc) is 2.52. The summed E-state index contributed by atoms with van der Waals surface area (Å²) in [6.07, 6.45) is 0. The van der Waals surface area contributed by atoms with Crippen LogP contribution in [0.3, 0.4) is 0 Å². The number of hydrogen-bond donors (Lipinski definition) is 2. The summed E-state index contributed by atoms with van der Waals surface area (Å²) in [6.45, 7) is 1.57. The molecule has 0 spiro atoms. The van der Waals surface area contributed by atoms with Crippen molar-refractivity contribution in [3.8, 4) is 5.75 Å². The average molecular weight is 320 g/mol. The highest BCUT2D eigenvalue weighted by Gasteiger charge is 2.14. The Kier molecular flexibility index (Phi) is 5.81. The zero-order valence-corrected chi connectivity index (χ0v) is 13.0. The number of benzene rings is 2. The molecule has 0 aliphatic rings. The summed E-state index contributed by atoms with van der Waals surface area (Å²) in [5.41, 5.74) is 1.71. The van der Waals surface area contributed by atoms with Crippen LogP contribution in [-0.2, 0) is 4.79 Å². The lowest BCUT2D eigenvalue weighted by atomic mass is 10.1. The largest absolute Gasteiger partial charge is 0.484 e. The quantitative estimate of drug-likeness (QED) is 0.860. The van der Waals surface area contributed by atoms with Crippen LogP contribution in [0.5, 0.6) is 5.75 Å². The smallest absolute Gasteiger partial charge is 0.258 e. The van der Waals surface area contributed by atoms with E-state index in [0.29, 0.717) is 10.8 Å². The van der Waals surface area contributed by atoms with E-state index in [2.05, 4.69) is 5.32 Å². The van der Waals surface area contributed by atoms with Crippen LogP contribution < -0.4 is 10.1 Å². The van der Waals surface area contributed by atoms with Gasteiger partial charge in [0.15, 0.2) is 6.61 Å². The van der Waals surface area contributed by atoms with E-state index in [-0.39, 0.29) is 19.1 Å². The maximum Gasteiger partial charge on any atom is 0.258 e. The molecule has 2 aromatic carbocycles. The number of carbonyl (C=O) groups is 1. The molecule has 2 rings (SSSR count). The molecule has 0 bridgehead atoms. The van der Waals surface area contributed by atoms with E-state index in [9.17, 15) is 9.90 Å². The second kappa shape index (κ2) is 7.82. The zero-order chi connectivity index (χ0) is 15.9. The van der Waals surface area contributed by atoms with Gasteiger partial charge in [-0.05, 0) is 36.2 Å². The van der Waals surface area contributed by atoms with Gasteiger partial charge in [-0.1, -0.05) is 41.9 Å². The van der Waals surface area contributed by atoms with Crippen LogP contribution >= 0.6 is 11.6 Å². The highest BCUT2D eigenvalue weighted by Crippen LogP contribution is 2.21. The molecule has 0 saturated heterocycles. The van der Waals surface area contributed by atoms with Gasteiger partial charge in [0.25, 0.3) is 5.91 Å². The number of carbonyl (C=O) groups excluding carboxylic acids is 1. The molecule has 2 N–H and O–H groups in total. The molecular weight excluding hydrogens is 302 g/mol. The fourth-order valence-electron chi connectivity index (χ4n) is 2.07. The molecule has 0 fully saturated rings. The predicted molar refractivity (Wildman–Crippen MR) is 86.1 cm³/mol. The van der Waals surface area contributed by atoms with Gasteiger partial charge in [-0.2, -0.15) is 0 Å². The van der Waals surface area contributed by atoms with Crippen LogP contribution in [0.25, 0.3) is 0 Å². The molecular formula is C17H18ClNO3. The fourth-order valence-corrected chi connectivity index (χ4v) is 2.30. The third-order valence-electron chi connectivity index (χ3n) is 3.22. The lowest BCUT2D eigenvalue weighted by molar-refractivity contribution is -0.124. The summed E-state index contributed by atoms with van der Waals surface area (Å²) in [5, 5.41) is 12.8. The van der Waals surface area contributed by atoms with Crippen molar-refractivity contribution in [3.63, 3.8) is 0 Å². The highest BCUT2D eigenvalue weighted by molar-refractivity contribution is 6.30. The van der Waals surface area contributed by atoms with Gasteiger partial charge in [-0.25, -0.2) is 0 Å². The van der Waals surface area contributed by atoms with Crippen molar-refractivity contribution < 1.29 is 14.6 Å². The summed E-state index contributed by atoms with van der Waals surface area (Å²) < 4.78 is 5.48. The van der Waals surface area contributed by atoms with Crippen molar-refractivity contribution in [3.05, 3.63) is 64.7 Å². The summed E-state index contributed by atoms with van der Waals surface area (Å²) in [7, 11) is 0. The SMILES string of the molecule is Cc1cc(Cl)ccc1OCC(=O)NC(CO)c1ccccc1. The van der Waals surface area contributed by atoms with Gasteiger partial charge in [-0.15, -0.1) is 0 Å². The predicted octanol–water partition coefficient (Wildman–Crippen LogP) is 2.88. The second-order valence-electron chi connectivity index (χ2n) is 4.91. The van der Waals surface area contributed by atoms with E-state index in [1.807, 2.05) is 37.3 Å². The minimum atomic E-state index is -0.441. The topological polar surface area (TPSA) is 58.6 Å². The third-order valence-corrected chi connectivity index (χ3v) is 3.45. The van der Waals surface area contributed by atoms with Gasteiger partial charge in [0, 0.05) is 5.02 Å². The van der Waals surface area contributed by atoms with Crippen LogP contribution in [0.2, 0.25) is 5.02 Å². The molecule has 1 unspecified atom stereocenters. The van der Waals surface area contributed by atoms with Crippen molar-refractivity contribution in [2.45, 2.75) is 13.0 Å². The Morgan fingerprint density at radius 2 is 2.00 bits per heavy atom. The zero-order valence-electron chi connectivity index (χ0n) is 12.3. The van der Waals surface area contributed by atoms with Crippen molar-refractivity contribution >= 4 is 17.5 Å². The van der Waals surface area contributed by atoms with Crippen LogP contribution in [0.4, 0.5) is 0 Å². The number of hydrogen-bond acceptors (Lipinski definition) is 3. The second-order valence-corrected chi connectivity index (χ2v) is 5.35. The molecule has 116 valence electrons. The Hall–Kier alpha value is -2.04. The lowest BCUT2D eigenvalue weighted by Gasteiger charge is -2.17. The molecule has 0 radical (unpaired) electrons. The maximum atomic E-state index is 12.0. The van der Waals surface area contributed by atoms with Gasteiger partial charge < -0.3 is 15.2 Å². The summed E-state index contributed by atoms with van der Waals surface area (Å²) >= 11 is 5.87. The van der Waals surface area contributed by atoms with Crippen LogP contribution in [0.1, 0.15) is 17.2 Å². The maximum absolute atomic E-state index is 12.0. The number of aliphatic hydroxyl groups is 1. The van der Waals surface area contributed by atoms with Crippen molar-refractivity contribution in [2.24, 2.45) is 0 Å². The number of ether oxygens (including phenoxy) is 1. The molecule has 2 aromatic rings. The van der Waals surface area contributed by atoms with E-state index in [1.165, 1.54) is 0 Å². The number of aryl methyl sites for hydroxylation is 1. The first kappa shape index (κ1) is 16.3. The van der Waals surface area contributed by atoms with Gasteiger partial charge in [0.1, 0.15) is 5.75 Å². The monoisotopic (exact) mass is 319 g/mol. The molecule has 1 amide bonds. The molecule has 5 heteroatoms. The molecule has 0 aliphatic carbocycles. The minimum absolute atomic E-state index is 0.119. The number of amides is 1. The number of nitrogens with one attached hydrogen (secondary N) is 1. The van der Waals surface area contributed by atoms with Gasteiger partial charge in [-0.3, -0.25) is 4.79 Å². The molecule has 4 nitrogen and oxygen atoms in total. The fraction of sp³-hybridized carbons (Fsp3) is 0.235. The summed E-state index contributed by atoms with van der Waals surface area (Å²) in [6, 6.07) is 14.1. The standard InChI is InChI=1S/C17H18ClNO3/c1-12-9-14(18)7-8-16(12)22-11-17(21)19-15(10-20)13-5-3-2-4-6-13/h2-9,15,20H,10-11H2,1H3,(H,19,21). The third kappa shape index (κ3) is 4.48. The van der Waals surface area contributed by atoms with E-state index in [0.717, 1.165) is 11.1 Å². The van der Waals surface area contributed by atoms with Gasteiger partial charge in [0.2, 0.25) is 0 Å². The van der Waals surface area contributed by atoms with Crippen molar-refractivity contribution in [2.75, 3.05) is 13.2 Å². The first-order chi connectivity index (χ1) is 10.6. The van der Waals surface area contributed by atoms with E-state index in [4.69, 9.17) is 16.3 Å². The normalized spacial score (nSPS) is 11.8. The van der Waals surface area contributed by atoms with Crippen molar-refractivity contribution in [1.29, 1.82) is 0 Å². The minimum Gasteiger partial charge on any atom is -0.484 e. The van der Waals surface area contributed by atoms with Crippen LogP contribution in [0, 0.1) is 6.92 Å². The van der Waals surface area contributed by atoms with Crippen LogP contribution in [-0.4, -0.2) is 24.2 Å². The molecule has 22 heavy (non-hydrogen) atoms. The Bertz CT molecular complexity index is 631. The highest BCUT2D eigenvalue weighted by atomic mass is 35.5. The summed E-state index contributed by atoms with van der Waals surface area (Å²) in [5.74, 6) is 0.317. The Morgan fingerprint density at radius 1 is 1.27 bits per heavy atom. The first-order valence-electron chi connectivity index (χ1n) is 6.94. The Labute approximate surface area is 134 Å². The van der Waals surface area contributed by atoms with Gasteiger partial charge in [0.05, 0.1) is 12.6 Å². The molecule has 1 atom stereocenters. The summed E-state index contributed by atoms with van der Waals surface area (Å²) in [4.78, 5) is 12.0. The molecule has 0 saturated carbocycles. The van der Waals surface area contributed by atoms with Gasteiger partial charge >= 0.3 is 0 Å². The Morgan fingerprint density at radius 3 is 2.64 bits per heavy atom. The van der Waals surface area contributed by atoms with Crippen molar-refractivity contribution in [1.82, 2.24) is 5.32 Å². The molecule has 0 heterocycles. The number of rotatable bonds is 6. The van der Waals surface area contributed by atoms with Crippen LogP contribution in [0.15, 0.2) is 48.5 Å². The number of halogens is 1. The van der Waals surface area contributed by atoms with E-state index in [1.54, 1.807) is 18.2 Å². The molecule has 0 aromatic heterocycles. The number of aliphatic hydroxyl groups excluding tert-OH is 1. The van der Waals surface area contributed by atoms with E-state index < -0.39 is 6.04 Å². The lowest BCUT2D eigenvalue weighted by Crippen LogP contribution is -2.34.